The molecule has 6 heteroatoms. The number of hydrogen-bond acceptors (Lipinski definition) is 2. The molecule has 0 aliphatic heterocycles. The number of aryl methyl sites for hydroxylation is 1. The van der Waals surface area contributed by atoms with E-state index >= 15 is 0 Å². The van der Waals surface area contributed by atoms with Gasteiger partial charge in [-0.1, -0.05) is 29.3 Å². The number of halogens is 3. The Morgan fingerprint density at radius 1 is 1.37 bits per heavy atom. The molecule has 1 aromatic carbocycles. The van der Waals surface area contributed by atoms with E-state index in [0.29, 0.717) is 16.5 Å². The van der Waals surface area contributed by atoms with Gasteiger partial charge in [-0.15, -0.1) is 0 Å². The van der Waals surface area contributed by atoms with Crippen LogP contribution in [-0.2, 0) is 13.5 Å². The predicted molar refractivity (Wildman–Crippen MR) is 75.1 cm³/mol. The monoisotopic (exact) mass is 301 g/mol. The van der Waals surface area contributed by atoms with Gasteiger partial charge in [-0.05, 0) is 31.2 Å². The summed E-state index contributed by atoms with van der Waals surface area (Å²) in [7, 11) is 3.67. The fourth-order valence-electron chi connectivity index (χ4n) is 2.05. The molecule has 102 valence electrons. The van der Waals surface area contributed by atoms with E-state index in [2.05, 4.69) is 10.4 Å². The van der Waals surface area contributed by atoms with Crippen LogP contribution in [0.15, 0.2) is 24.4 Å². The molecule has 1 aromatic heterocycles. The average Bonchev–Trinajstić information content (AvgIpc) is 2.69. The van der Waals surface area contributed by atoms with Crippen molar-refractivity contribution in [3.05, 3.63) is 51.5 Å². The minimum atomic E-state index is -0.340. The molecular formula is C13H14Cl2FN3. The summed E-state index contributed by atoms with van der Waals surface area (Å²) in [6, 6.07) is 4.36. The Labute approximate surface area is 121 Å². The smallest absolute Gasteiger partial charge is 0.124 e. The third-order valence-corrected chi connectivity index (χ3v) is 3.70. The molecule has 2 aromatic rings. The summed E-state index contributed by atoms with van der Waals surface area (Å²) in [5.74, 6) is -0.340. The van der Waals surface area contributed by atoms with Gasteiger partial charge in [-0.2, -0.15) is 5.10 Å². The Morgan fingerprint density at radius 2 is 2.11 bits per heavy atom. The number of benzene rings is 1. The maximum atomic E-state index is 13.0. The second kappa shape index (κ2) is 5.90. The quantitative estimate of drug-likeness (QED) is 0.938. The third-order valence-electron chi connectivity index (χ3n) is 3.06. The largest absolute Gasteiger partial charge is 0.311 e. The van der Waals surface area contributed by atoms with Crippen molar-refractivity contribution >= 4 is 23.2 Å². The molecule has 0 aliphatic rings. The van der Waals surface area contributed by atoms with Gasteiger partial charge in [0, 0.05) is 12.1 Å². The summed E-state index contributed by atoms with van der Waals surface area (Å²) >= 11 is 12.2. The highest BCUT2D eigenvalue weighted by molar-refractivity contribution is 6.31. The van der Waals surface area contributed by atoms with Crippen LogP contribution in [0.25, 0.3) is 0 Å². The van der Waals surface area contributed by atoms with Crippen molar-refractivity contribution in [1.29, 1.82) is 0 Å². The van der Waals surface area contributed by atoms with Gasteiger partial charge in [0.1, 0.15) is 5.82 Å². The predicted octanol–water partition coefficient (Wildman–Crippen LogP) is 3.37. The van der Waals surface area contributed by atoms with Crippen molar-refractivity contribution in [2.75, 3.05) is 7.05 Å². The van der Waals surface area contributed by atoms with E-state index < -0.39 is 0 Å². The molecular weight excluding hydrogens is 288 g/mol. The van der Waals surface area contributed by atoms with Gasteiger partial charge >= 0.3 is 0 Å². The number of rotatable bonds is 4. The third kappa shape index (κ3) is 3.08. The molecule has 2 rings (SSSR count). The number of likely N-dealkylation sites (N-methyl/N-ethyl adjacent to an activating group) is 1. The van der Waals surface area contributed by atoms with Crippen molar-refractivity contribution in [2.24, 2.45) is 7.05 Å². The zero-order chi connectivity index (χ0) is 14.0. The second-order valence-electron chi connectivity index (χ2n) is 4.28. The SMILES string of the molecule is CNC(Cc1ccc(F)cc1Cl)c1c(Cl)cnn1C. The molecule has 19 heavy (non-hydrogen) atoms. The number of hydrogen-bond donors (Lipinski definition) is 1. The summed E-state index contributed by atoms with van der Waals surface area (Å²) in [4.78, 5) is 0. The highest BCUT2D eigenvalue weighted by atomic mass is 35.5. The van der Waals surface area contributed by atoms with Crippen LogP contribution in [0.4, 0.5) is 4.39 Å². The lowest BCUT2D eigenvalue weighted by Gasteiger charge is -2.18. The van der Waals surface area contributed by atoms with Gasteiger partial charge in [-0.3, -0.25) is 4.68 Å². The van der Waals surface area contributed by atoms with Crippen LogP contribution in [0.3, 0.4) is 0 Å². The van der Waals surface area contributed by atoms with Crippen LogP contribution in [-0.4, -0.2) is 16.8 Å². The zero-order valence-electron chi connectivity index (χ0n) is 10.6. The molecule has 1 unspecified atom stereocenters. The van der Waals surface area contributed by atoms with E-state index in [1.165, 1.54) is 12.1 Å². The molecule has 0 aliphatic carbocycles. The van der Waals surface area contributed by atoms with Crippen LogP contribution < -0.4 is 5.32 Å². The lowest BCUT2D eigenvalue weighted by Crippen LogP contribution is -2.22. The van der Waals surface area contributed by atoms with Crippen LogP contribution >= 0.6 is 23.2 Å². The molecule has 1 atom stereocenters. The Hall–Kier alpha value is -1.10. The van der Waals surface area contributed by atoms with Crippen molar-refractivity contribution in [3.8, 4) is 0 Å². The molecule has 1 heterocycles. The standard InChI is InChI=1S/C13H14Cl2FN3/c1-17-12(13-11(15)7-18-19(13)2)5-8-3-4-9(16)6-10(8)14/h3-4,6-7,12,17H,5H2,1-2H3. The van der Waals surface area contributed by atoms with E-state index in [9.17, 15) is 4.39 Å². The van der Waals surface area contributed by atoms with Crippen LogP contribution in [0.1, 0.15) is 17.3 Å². The molecule has 0 fully saturated rings. The second-order valence-corrected chi connectivity index (χ2v) is 5.10. The molecule has 0 amide bonds. The number of nitrogens with zero attached hydrogens (tertiary/aromatic N) is 2. The first kappa shape index (κ1) is 14.3. The van der Waals surface area contributed by atoms with Crippen molar-refractivity contribution in [3.63, 3.8) is 0 Å². The van der Waals surface area contributed by atoms with E-state index in [-0.39, 0.29) is 11.9 Å². The number of nitrogens with one attached hydrogen (secondary N) is 1. The van der Waals surface area contributed by atoms with Gasteiger partial charge in [0.15, 0.2) is 0 Å². The summed E-state index contributed by atoms with van der Waals surface area (Å²) in [6.07, 6.45) is 2.21. The van der Waals surface area contributed by atoms with E-state index in [1.54, 1.807) is 16.9 Å². The highest BCUT2D eigenvalue weighted by Gasteiger charge is 2.19. The topological polar surface area (TPSA) is 29.9 Å². The van der Waals surface area contributed by atoms with E-state index in [4.69, 9.17) is 23.2 Å². The van der Waals surface area contributed by atoms with Crippen LogP contribution in [0.2, 0.25) is 10.0 Å². The average molecular weight is 302 g/mol. The summed E-state index contributed by atoms with van der Waals surface area (Å²) in [5, 5.41) is 8.31. The first-order valence-corrected chi connectivity index (χ1v) is 6.57. The molecule has 0 bridgehead atoms. The molecule has 0 saturated heterocycles. The highest BCUT2D eigenvalue weighted by Crippen LogP contribution is 2.27. The molecule has 1 N–H and O–H groups in total. The van der Waals surface area contributed by atoms with E-state index in [0.717, 1.165) is 11.3 Å². The summed E-state index contributed by atoms with van der Waals surface area (Å²) in [5.41, 5.74) is 1.74. The lowest BCUT2D eigenvalue weighted by molar-refractivity contribution is 0.537. The molecule has 3 nitrogen and oxygen atoms in total. The van der Waals surface area contributed by atoms with Crippen molar-refractivity contribution in [2.45, 2.75) is 12.5 Å². The summed E-state index contributed by atoms with van der Waals surface area (Å²) in [6.45, 7) is 0. The van der Waals surface area contributed by atoms with Crippen LogP contribution in [0.5, 0.6) is 0 Å². The number of aromatic nitrogens is 2. The van der Waals surface area contributed by atoms with Crippen molar-refractivity contribution in [1.82, 2.24) is 15.1 Å². The fourth-order valence-corrected chi connectivity index (χ4v) is 2.60. The Bertz CT molecular complexity index is 564. The summed E-state index contributed by atoms with van der Waals surface area (Å²) < 4.78 is 14.8. The maximum Gasteiger partial charge on any atom is 0.124 e. The van der Waals surface area contributed by atoms with Crippen molar-refractivity contribution < 1.29 is 4.39 Å². The minimum absolute atomic E-state index is 0.0389. The molecule has 0 spiro atoms. The first-order chi connectivity index (χ1) is 9.02. The maximum absolute atomic E-state index is 13.0. The lowest BCUT2D eigenvalue weighted by atomic mass is 10.0. The van der Waals surface area contributed by atoms with Gasteiger partial charge in [0.25, 0.3) is 0 Å². The normalized spacial score (nSPS) is 12.7. The fraction of sp³-hybridized carbons (Fsp3) is 0.308. The Kier molecular flexibility index (Phi) is 4.45. The Balaban J connectivity index is 2.29. The van der Waals surface area contributed by atoms with Crippen LogP contribution in [0, 0.1) is 5.82 Å². The van der Waals surface area contributed by atoms with E-state index in [1.807, 2.05) is 14.1 Å². The van der Waals surface area contributed by atoms with Gasteiger partial charge in [0.2, 0.25) is 0 Å². The molecule has 0 saturated carbocycles. The minimum Gasteiger partial charge on any atom is -0.311 e. The molecule has 0 radical (unpaired) electrons. The Morgan fingerprint density at radius 3 is 2.63 bits per heavy atom. The van der Waals surface area contributed by atoms with Gasteiger partial charge in [-0.25, -0.2) is 4.39 Å². The first-order valence-electron chi connectivity index (χ1n) is 5.81. The zero-order valence-corrected chi connectivity index (χ0v) is 12.1. The van der Waals surface area contributed by atoms with Gasteiger partial charge < -0.3 is 5.32 Å². The van der Waals surface area contributed by atoms with Gasteiger partial charge in [0.05, 0.1) is 23.0 Å².